The second-order valence-corrected chi connectivity index (χ2v) is 6.61. The largest absolute Gasteiger partial charge is 0.493 e. The SMILES string of the molecule is Cc1ccccc1OCCCC(=O)N1CCC(C(=O)N(C)C)CC1. The lowest BCUT2D eigenvalue weighted by molar-refractivity contribution is -0.139. The number of likely N-dealkylation sites (tertiary alicyclic amines) is 1. The predicted octanol–water partition coefficient (Wildman–Crippen LogP) is 2.48. The minimum Gasteiger partial charge on any atom is -0.493 e. The molecule has 0 aromatic heterocycles. The Morgan fingerprint density at radius 1 is 1.21 bits per heavy atom. The third-order valence-corrected chi connectivity index (χ3v) is 4.52. The summed E-state index contributed by atoms with van der Waals surface area (Å²) in [6, 6.07) is 7.90. The van der Waals surface area contributed by atoms with Gasteiger partial charge in [0.25, 0.3) is 0 Å². The maximum atomic E-state index is 12.3. The topological polar surface area (TPSA) is 49.9 Å². The van der Waals surface area contributed by atoms with Crippen molar-refractivity contribution in [2.75, 3.05) is 33.8 Å². The summed E-state index contributed by atoms with van der Waals surface area (Å²) in [5.74, 6) is 1.29. The molecule has 1 aromatic carbocycles. The van der Waals surface area contributed by atoms with Gasteiger partial charge in [0.1, 0.15) is 5.75 Å². The number of aryl methyl sites for hydroxylation is 1. The number of hydrogen-bond acceptors (Lipinski definition) is 3. The lowest BCUT2D eigenvalue weighted by atomic mass is 9.95. The molecule has 0 spiro atoms. The van der Waals surface area contributed by atoms with Gasteiger partial charge >= 0.3 is 0 Å². The highest BCUT2D eigenvalue weighted by atomic mass is 16.5. The van der Waals surface area contributed by atoms with Gasteiger partial charge in [-0.05, 0) is 37.8 Å². The fourth-order valence-corrected chi connectivity index (χ4v) is 3.02. The van der Waals surface area contributed by atoms with Gasteiger partial charge in [0.15, 0.2) is 0 Å². The van der Waals surface area contributed by atoms with Gasteiger partial charge in [0.2, 0.25) is 11.8 Å². The van der Waals surface area contributed by atoms with Crippen molar-refractivity contribution in [3.8, 4) is 5.75 Å². The van der Waals surface area contributed by atoms with Crippen LogP contribution < -0.4 is 4.74 Å². The standard InChI is InChI=1S/C19H28N2O3/c1-15-7-4-5-8-17(15)24-14-6-9-18(22)21-12-10-16(11-13-21)19(23)20(2)3/h4-5,7-8,16H,6,9-14H2,1-3H3. The minimum absolute atomic E-state index is 0.0634. The summed E-state index contributed by atoms with van der Waals surface area (Å²) in [6.45, 7) is 3.93. The van der Waals surface area contributed by atoms with E-state index in [9.17, 15) is 9.59 Å². The first-order valence-electron chi connectivity index (χ1n) is 8.66. The molecule has 1 fully saturated rings. The molecular weight excluding hydrogens is 304 g/mol. The van der Waals surface area contributed by atoms with Crippen molar-refractivity contribution < 1.29 is 14.3 Å². The van der Waals surface area contributed by atoms with Crippen LogP contribution in [0, 0.1) is 12.8 Å². The molecule has 132 valence electrons. The zero-order valence-corrected chi connectivity index (χ0v) is 15.0. The van der Waals surface area contributed by atoms with Crippen LogP contribution in [-0.4, -0.2) is 55.4 Å². The van der Waals surface area contributed by atoms with E-state index < -0.39 is 0 Å². The third kappa shape index (κ3) is 4.98. The van der Waals surface area contributed by atoms with Crippen LogP contribution in [0.4, 0.5) is 0 Å². The summed E-state index contributed by atoms with van der Waals surface area (Å²) < 4.78 is 5.73. The summed E-state index contributed by atoms with van der Waals surface area (Å²) in [4.78, 5) is 27.7. The summed E-state index contributed by atoms with van der Waals surface area (Å²) in [5, 5.41) is 0. The van der Waals surface area contributed by atoms with Crippen molar-refractivity contribution in [1.82, 2.24) is 9.80 Å². The normalized spacial score (nSPS) is 15.2. The molecule has 0 radical (unpaired) electrons. The molecule has 0 N–H and O–H groups in total. The molecule has 5 nitrogen and oxygen atoms in total. The Labute approximate surface area is 144 Å². The van der Waals surface area contributed by atoms with E-state index in [-0.39, 0.29) is 17.7 Å². The number of amides is 2. The van der Waals surface area contributed by atoms with Gasteiger partial charge in [-0.25, -0.2) is 0 Å². The minimum atomic E-state index is 0.0634. The van der Waals surface area contributed by atoms with Gasteiger partial charge in [0, 0.05) is 39.5 Å². The maximum Gasteiger partial charge on any atom is 0.225 e. The van der Waals surface area contributed by atoms with E-state index in [0.717, 1.165) is 24.2 Å². The zero-order valence-electron chi connectivity index (χ0n) is 15.0. The molecule has 24 heavy (non-hydrogen) atoms. The van der Waals surface area contributed by atoms with E-state index in [0.29, 0.717) is 32.5 Å². The monoisotopic (exact) mass is 332 g/mol. The van der Waals surface area contributed by atoms with Crippen LogP contribution in [0.15, 0.2) is 24.3 Å². The first-order valence-corrected chi connectivity index (χ1v) is 8.66. The Hall–Kier alpha value is -2.04. The summed E-state index contributed by atoms with van der Waals surface area (Å²) in [6.07, 6.45) is 2.74. The smallest absolute Gasteiger partial charge is 0.225 e. The molecular formula is C19H28N2O3. The fourth-order valence-electron chi connectivity index (χ4n) is 3.02. The van der Waals surface area contributed by atoms with Gasteiger partial charge in [0.05, 0.1) is 6.61 Å². The molecule has 0 aliphatic carbocycles. The average molecular weight is 332 g/mol. The predicted molar refractivity (Wildman–Crippen MR) is 93.9 cm³/mol. The van der Waals surface area contributed by atoms with E-state index in [1.807, 2.05) is 36.1 Å². The number of rotatable bonds is 6. The first kappa shape index (κ1) is 18.3. The van der Waals surface area contributed by atoms with Crippen molar-refractivity contribution in [3.63, 3.8) is 0 Å². The number of ether oxygens (including phenoxy) is 1. The van der Waals surface area contributed by atoms with E-state index in [1.54, 1.807) is 19.0 Å². The molecule has 1 saturated heterocycles. The molecule has 0 atom stereocenters. The zero-order chi connectivity index (χ0) is 17.5. The van der Waals surface area contributed by atoms with Crippen LogP contribution >= 0.6 is 0 Å². The van der Waals surface area contributed by atoms with Crippen LogP contribution in [0.2, 0.25) is 0 Å². The van der Waals surface area contributed by atoms with Gasteiger partial charge in [-0.1, -0.05) is 18.2 Å². The molecule has 2 amide bonds. The highest BCUT2D eigenvalue weighted by Crippen LogP contribution is 2.20. The van der Waals surface area contributed by atoms with E-state index in [4.69, 9.17) is 4.74 Å². The number of para-hydroxylation sites is 1. The number of piperidine rings is 1. The van der Waals surface area contributed by atoms with Crippen molar-refractivity contribution in [3.05, 3.63) is 29.8 Å². The summed E-state index contributed by atoms with van der Waals surface area (Å²) in [7, 11) is 3.57. The first-order chi connectivity index (χ1) is 11.5. The van der Waals surface area contributed by atoms with Crippen LogP contribution in [-0.2, 0) is 9.59 Å². The number of carbonyl (C=O) groups excluding carboxylic acids is 2. The van der Waals surface area contributed by atoms with Crippen molar-refractivity contribution in [2.24, 2.45) is 5.92 Å². The molecule has 2 rings (SSSR count). The van der Waals surface area contributed by atoms with Crippen LogP contribution in [0.25, 0.3) is 0 Å². The number of carbonyl (C=O) groups is 2. The lowest BCUT2D eigenvalue weighted by Crippen LogP contribution is -2.42. The molecule has 1 aliphatic heterocycles. The van der Waals surface area contributed by atoms with Gasteiger partial charge in [-0.3, -0.25) is 9.59 Å². The number of benzene rings is 1. The Morgan fingerprint density at radius 3 is 2.50 bits per heavy atom. The lowest BCUT2D eigenvalue weighted by Gasteiger charge is -2.32. The van der Waals surface area contributed by atoms with Gasteiger partial charge in [-0.15, -0.1) is 0 Å². The van der Waals surface area contributed by atoms with Gasteiger partial charge in [-0.2, -0.15) is 0 Å². The van der Waals surface area contributed by atoms with Crippen molar-refractivity contribution in [2.45, 2.75) is 32.6 Å². The molecule has 0 unspecified atom stereocenters. The van der Waals surface area contributed by atoms with E-state index in [2.05, 4.69) is 0 Å². The summed E-state index contributed by atoms with van der Waals surface area (Å²) in [5.41, 5.74) is 1.11. The second-order valence-electron chi connectivity index (χ2n) is 6.61. The molecule has 0 saturated carbocycles. The highest BCUT2D eigenvalue weighted by molar-refractivity contribution is 5.79. The Balaban J connectivity index is 1.67. The third-order valence-electron chi connectivity index (χ3n) is 4.52. The fraction of sp³-hybridized carbons (Fsp3) is 0.579. The van der Waals surface area contributed by atoms with Crippen LogP contribution in [0.1, 0.15) is 31.2 Å². The second kappa shape index (κ2) is 8.71. The van der Waals surface area contributed by atoms with E-state index in [1.165, 1.54) is 0 Å². The molecule has 1 aromatic rings. The molecule has 0 bridgehead atoms. The van der Waals surface area contributed by atoms with Gasteiger partial charge < -0.3 is 14.5 Å². The van der Waals surface area contributed by atoms with Crippen molar-refractivity contribution >= 4 is 11.8 Å². The van der Waals surface area contributed by atoms with Crippen LogP contribution in [0.5, 0.6) is 5.75 Å². The summed E-state index contributed by atoms with van der Waals surface area (Å²) >= 11 is 0. The Bertz CT molecular complexity index is 563. The highest BCUT2D eigenvalue weighted by Gasteiger charge is 2.27. The number of hydrogen-bond donors (Lipinski definition) is 0. The Kier molecular flexibility index (Phi) is 6.64. The molecule has 5 heteroatoms. The average Bonchev–Trinajstić information content (AvgIpc) is 2.59. The molecule has 1 aliphatic rings. The number of nitrogens with zero attached hydrogens (tertiary/aromatic N) is 2. The van der Waals surface area contributed by atoms with Crippen molar-refractivity contribution in [1.29, 1.82) is 0 Å². The quantitative estimate of drug-likeness (QED) is 0.752. The Morgan fingerprint density at radius 2 is 1.88 bits per heavy atom. The van der Waals surface area contributed by atoms with Crippen LogP contribution in [0.3, 0.4) is 0 Å². The van der Waals surface area contributed by atoms with E-state index >= 15 is 0 Å². The molecule has 1 heterocycles. The maximum absolute atomic E-state index is 12.3.